The number of ether oxygens (including phenoxy) is 2. The molecular weight excluding hydrogens is 925 g/mol. The Hall–Kier alpha value is -8.70. The molecule has 0 spiro atoms. The Bertz CT molecular complexity index is 3700. The molecule has 10 aromatic rings. The van der Waals surface area contributed by atoms with E-state index in [1.807, 2.05) is 109 Å². The molecule has 0 aliphatic heterocycles. The van der Waals surface area contributed by atoms with Crippen molar-refractivity contribution in [2.75, 3.05) is 0 Å². The van der Waals surface area contributed by atoms with E-state index in [9.17, 15) is 19.2 Å². The first-order chi connectivity index (χ1) is 34.6. The van der Waals surface area contributed by atoms with Gasteiger partial charge in [0.15, 0.2) is 23.1 Å². The molecule has 13 rings (SSSR count). The maximum Gasteiger partial charge on any atom is 0.333 e. The molecule has 338 valence electrons. The zero-order chi connectivity index (χ0) is 48.1. The van der Waals surface area contributed by atoms with Crippen molar-refractivity contribution in [3.05, 3.63) is 235 Å². The summed E-state index contributed by atoms with van der Waals surface area (Å²) in [7, 11) is 0. The van der Waals surface area contributed by atoms with Crippen molar-refractivity contribution in [2.24, 2.45) is 0 Å². The molecule has 8 aromatic carbocycles. The SMILES string of the molecule is O=C1C(=Cc2cc3c(s2)-c2sc(C=C4C(=O)c5cc6cc7ccccc7cc6cc5C4=O)cc2C3(C(=O)OCc2ccccc2)C(=O)OCc2ccccc2)C(=O)c2cc3cc4ccccc4cc3cc21. The zero-order valence-corrected chi connectivity index (χ0v) is 39.0. The van der Waals surface area contributed by atoms with Gasteiger partial charge in [0.25, 0.3) is 0 Å². The van der Waals surface area contributed by atoms with E-state index < -0.39 is 40.5 Å². The summed E-state index contributed by atoms with van der Waals surface area (Å²) in [6.45, 7) is -0.313. The topological polar surface area (TPSA) is 121 Å². The number of thiophene rings is 2. The van der Waals surface area contributed by atoms with E-state index in [0.29, 0.717) is 52.9 Å². The van der Waals surface area contributed by atoms with Crippen LogP contribution in [0.5, 0.6) is 0 Å². The summed E-state index contributed by atoms with van der Waals surface area (Å²) in [4.78, 5) is 89.1. The van der Waals surface area contributed by atoms with Gasteiger partial charge in [-0.15, -0.1) is 22.7 Å². The summed E-state index contributed by atoms with van der Waals surface area (Å²) >= 11 is 2.43. The predicted octanol–water partition coefficient (Wildman–Crippen LogP) is 13.1. The molecule has 0 radical (unpaired) electrons. The van der Waals surface area contributed by atoms with Crippen LogP contribution in [0.25, 0.3) is 65.0 Å². The predicted molar refractivity (Wildman–Crippen MR) is 277 cm³/mol. The van der Waals surface area contributed by atoms with Crippen LogP contribution < -0.4 is 0 Å². The number of Topliss-reactive ketones (excluding diaryl/α,β-unsaturated/α-hetero) is 4. The molecule has 0 unspecified atom stereocenters. The molecule has 71 heavy (non-hydrogen) atoms. The van der Waals surface area contributed by atoms with Crippen LogP contribution in [-0.4, -0.2) is 35.1 Å². The molecule has 0 N–H and O–H groups in total. The van der Waals surface area contributed by atoms with Crippen LogP contribution in [0.2, 0.25) is 0 Å². The molecule has 0 amide bonds. The molecule has 2 heterocycles. The summed E-state index contributed by atoms with van der Waals surface area (Å²) < 4.78 is 12.2. The number of fused-ring (bicyclic) bond motifs is 9. The van der Waals surface area contributed by atoms with Gasteiger partial charge in [-0.1, -0.05) is 109 Å². The monoisotopic (exact) mass is 958 g/mol. The van der Waals surface area contributed by atoms with E-state index >= 15 is 9.59 Å². The molecule has 0 atom stereocenters. The first kappa shape index (κ1) is 42.4. The summed E-state index contributed by atoms with van der Waals surface area (Å²) in [5.74, 6) is -3.50. The van der Waals surface area contributed by atoms with Crippen LogP contribution in [-0.2, 0) is 37.7 Å². The average Bonchev–Trinajstić information content (AvgIpc) is 4.17. The molecule has 0 saturated heterocycles. The van der Waals surface area contributed by atoms with Crippen LogP contribution in [0.1, 0.15) is 73.4 Å². The molecule has 10 heteroatoms. The van der Waals surface area contributed by atoms with Gasteiger partial charge >= 0.3 is 11.9 Å². The third kappa shape index (κ3) is 6.71. The van der Waals surface area contributed by atoms with Crippen LogP contribution in [0.15, 0.2) is 181 Å². The molecule has 3 aliphatic carbocycles. The fraction of sp³-hybridized carbons (Fsp3) is 0.0492. The van der Waals surface area contributed by atoms with E-state index in [0.717, 1.165) is 43.1 Å². The minimum absolute atomic E-state index is 0.0425. The maximum absolute atomic E-state index is 15.2. The number of hydrogen-bond acceptors (Lipinski definition) is 10. The van der Waals surface area contributed by atoms with Gasteiger partial charge < -0.3 is 9.47 Å². The van der Waals surface area contributed by atoms with Gasteiger partial charge in [-0.25, -0.2) is 0 Å². The second-order valence-electron chi connectivity index (χ2n) is 18.0. The van der Waals surface area contributed by atoms with Gasteiger partial charge in [-0.05, 0) is 127 Å². The lowest BCUT2D eigenvalue weighted by Gasteiger charge is -2.26. The zero-order valence-electron chi connectivity index (χ0n) is 37.3. The number of hydrogen-bond donors (Lipinski definition) is 0. The Kier molecular flexibility index (Phi) is 9.68. The highest BCUT2D eigenvalue weighted by Gasteiger charge is 2.60. The second kappa shape index (κ2) is 16.2. The Morgan fingerprint density at radius 2 is 0.704 bits per heavy atom. The molecule has 3 aliphatic rings. The van der Waals surface area contributed by atoms with Crippen molar-refractivity contribution in [1.29, 1.82) is 0 Å². The van der Waals surface area contributed by atoms with Crippen molar-refractivity contribution in [2.45, 2.75) is 18.6 Å². The Balaban J connectivity index is 0.940. The molecule has 2 aromatic heterocycles. The number of esters is 2. The van der Waals surface area contributed by atoms with Crippen LogP contribution in [0.3, 0.4) is 0 Å². The van der Waals surface area contributed by atoms with Crippen molar-refractivity contribution < 1.29 is 38.2 Å². The van der Waals surface area contributed by atoms with E-state index in [2.05, 4.69) is 0 Å². The van der Waals surface area contributed by atoms with Crippen molar-refractivity contribution in [1.82, 2.24) is 0 Å². The lowest BCUT2D eigenvalue weighted by atomic mass is 9.79. The molecule has 0 saturated carbocycles. The highest BCUT2D eigenvalue weighted by atomic mass is 32.1. The summed E-state index contributed by atoms with van der Waals surface area (Å²) in [5.41, 5.74) is 0.863. The van der Waals surface area contributed by atoms with Crippen LogP contribution >= 0.6 is 22.7 Å². The van der Waals surface area contributed by atoms with E-state index in [4.69, 9.17) is 9.47 Å². The number of ketones is 4. The minimum atomic E-state index is -2.19. The van der Waals surface area contributed by atoms with Crippen molar-refractivity contribution in [3.8, 4) is 9.75 Å². The van der Waals surface area contributed by atoms with Gasteiger partial charge in [0, 0.05) is 43.1 Å². The summed E-state index contributed by atoms with van der Waals surface area (Å²) in [5, 5.41) is 7.35. The fourth-order valence-electron chi connectivity index (χ4n) is 10.3. The highest BCUT2D eigenvalue weighted by Crippen LogP contribution is 2.58. The normalized spacial score (nSPS) is 14.3. The van der Waals surface area contributed by atoms with Crippen molar-refractivity contribution in [3.63, 3.8) is 0 Å². The number of carbonyl (C=O) groups is 6. The minimum Gasteiger partial charge on any atom is -0.459 e. The van der Waals surface area contributed by atoms with Gasteiger partial charge in [0.2, 0.25) is 5.41 Å². The largest absolute Gasteiger partial charge is 0.459 e. The number of rotatable bonds is 8. The third-order valence-electron chi connectivity index (χ3n) is 13.8. The number of allylic oxidation sites excluding steroid dienone is 2. The van der Waals surface area contributed by atoms with Gasteiger partial charge in [-0.2, -0.15) is 0 Å². The van der Waals surface area contributed by atoms with Crippen molar-refractivity contribution >= 4 is 113 Å². The molecule has 8 nitrogen and oxygen atoms in total. The summed E-state index contributed by atoms with van der Waals surface area (Å²) in [6, 6.07) is 52.4. The second-order valence-corrected chi connectivity index (χ2v) is 20.1. The van der Waals surface area contributed by atoms with Gasteiger partial charge in [0.05, 0.1) is 20.9 Å². The number of benzene rings is 8. The van der Waals surface area contributed by atoms with E-state index in [-0.39, 0.29) is 35.5 Å². The molecular formula is C61H34O8S2. The van der Waals surface area contributed by atoms with Gasteiger partial charge in [-0.3, -0.25) is 28.8 Å². The Morgan fingerprint density at radius 3 is 1.03 bits per heavy atom. The van der Waals surface area contributed by atoms with E-state index in [1.165, 1.54) is 34.8 Å². The Morgan fingerprint density at radius 1 is 0.394 bits per heavy atom. The standard InChI is InChI=1S/C61H34O8S2/c62-53-45-23-39-19-35-15-7-8-16-36(35)20-40(39)24-46(45)54(63)49(53)27-43-29-51-57(70-43)58-52(61(51,59(66)68-31-33-11-3-1-4-12-33)60(67)69-32-34-13-5-2-6-14-34)30-44(71-58)28-50-55(64)47-25-41-21-37-17-9-10-18-38(37)22-42(41)26-48(47)56(50)65/h1-30H,31-32H2. The maximum atomic E-state index is 15.2. The smallest absolute Gasteiger partial charge is 0.333 e. The quantitative estimate of drug-likeness (QED) is 0.0485. The Labute approximate surface area is 412 Å². The molecule has 0 bridgehead atoms. The summed E-state index contributed by atoms with van der Waals surface area (Å²) in [6.07, 6.45) is 3.06. The van der Waals surface area contributed by atoms with Crippen LogP contribution in [0, 0.1) is 0 Å². The molecule has 0 fully saturated rings. The van der Waals surface area contributed by atoms with E-state index in [1.54, 1.807) is 60.7 Å². The lowest BCUT2D eigenvalue weighted by molar-refractivity contribution is -0.164. The first-order valence-corrected chi connectivity index (χ1v) is 24.5. The third-order valence-corrected chi connectivity index (χ3v) is 16.1. The average molecular weight is 959 g/mol. The lowest BCUT2D eigenvalue weighted by Crippen LogP contribution is -2.45. The number of carbonyl (C=O) groups excluding carboxylic acids is 6. The van der Waals surface area contributed by atoms with Crippen LogP contribution in [0.4, 0.5) is 0 Å². The first-order valence-electron chi connectivity index (χ1n) is 22.9. The highest BCUT2D eigenvalue weighted by molar-refractivity contribution is 7.23. The van der Waals surface area contributed by atoms with Gasteiger partial charge in [0.1, 0.15) is 13.2 Å². The fourth-order valence-corrected chi connectivity index (χ4v) is 12.7.